The number of fused-ring (bicyclic) bond motifs is 1. The molecule has 0 atom stereocenters. The van der Waals surface area contributed by atoms with Gasteiger partial charge in [0.15, 0.2) is 13.2 Å². The lowest BCUT2D eigenvalue weighted by molar-refractivity contribution is -0.137. The first-order chi connectivity index (χ1) is 16.2. The third kappa shape index (κ3) is 6.27. The molecule has 33 heavy (non-hydrogen) atoms. The van der Waals surface area contributed by atoms with Crippen LogP contribution in [0, 0.1) is 0 Å². The smallest absolute Gasteiger partial charge is 0.277 e. The lowest BCUT2D eigenvalue weighted by Crippen LogP contribution is -2.42. The van der Waals surface area contributed by atoms with Crippen molar-refractivity contribution >= 4 is 28.9 Å². The SMILES string of the molecule is O=C(COc1cccc2cccnc12)N/N=C\c1ccc(OCC(=O)N2CCOCC2)cc1. The largest absolute Gasteiger partial charge is 0.484 e. The van der Waals surface area contributed by atoms with E-state index in [0.717, 1.165) is 10.9 Å². The van der Waals surface area contributed by atoms with Crippen LogP contribution in [0.15, 0.2) is 65.9 Å². The second kappa shape index (κ2) is 11.1. The van der Waals surface area contributed by atoms with Crippen LogP contribution in [-0.2, 0) is 14.3 Å². The maximum absolute atomic E-state index is 12.1. The number of carbonyl (C=O) groups is 2. The number of hydrogen-bond acceptors (Lipinski definition) is 7. The number of nitrogens with zero attached hydrogens (tertiary/aromatic N) is 3. The van der Waals surface area contributed by atoms with Crippen molar-refractivity contribution < 1.29 is 23.8 Å². The highest BCUT2D eigenvalue weighted by molar-refractivity contribution is 5.85. The van der Waals surface area contributed by atoms with Crippen LogP contribution in [0.2, 0.25) is 0 Å². The zero-order valence-electron chi connectivity index (χ0n) is 18.0. The van der Waals surface area contributed by atoms with Crippen LogP contribution < -0.4 is 14.9 Å². The summed E-state index contributed by atoms with van der Waals surface area (Å²) in [6.45, 7) is 2.10. The molecule has 1 aromatic heterocycles. The summed E-state index contributed by atoms with van der Waals surface area (Å²) in [6.07, 6.45) is 3.19. The second-order valence-electron chi connectivity index (χ2n) is 7.26. The van der Waals surface area contributed by atoms with E-state index in [2.05, 4.69) is 15.5 Å². The van der Waals surface area contributed by atoms with E-state index < -0.39 is 0 Å². The maximum atomic E-state index is 12.1. The Morgan fingerprint density at radius 1 is 1.03 bits per heavy atom. The van der Waals surface area contributed by atoms with E-state index in [1.165, 1.54) is 6.21 Å². The number of aromatic nitrogens is 1. The normalized spacial score (nSPS) is 13.8. The van der Waals surface area contributed by atoms with Crippen LogP contribution in [0.25, 0.3) is 10.9 Å². The van der Waals surface area contributed by atoms with Gasteiger partial charge in [-0.05, 0) is 42.0 Å². The molecule has 0 bridgehead atoms. The summed E-state index contributed by atoms with van der Waals surface area (Å²) in [6, 6.07) is 16.4. The van der Waals surface area contributed by atoms with Gasteiger partial charge < -0.3 is 19.1 Å². The molecule has 0 unspecified atom stereocenters. The van der Waals surface area contributed by atoms with Gasteiger partial charge in [-0.15, -0.1) is 0 Å². The maximum Gasteiger partial charge on any atom is 0.277 e. The van der Waals surface area contributed by atoms with Crippen molar-refractivity contribution in [3.05, 3.63) is 66.4 Å². The predicted octanol–water partition coefficient (Wildman–Crippen LogP) is 2.00. The molecule has 0 radical (unpaired) electrons. The zero-order chi connectivity index (χ0) is 22.9. The van der Waals surface area contributed by atoms with E-state index in [1.54, 1.807) is 41.4 Å². The Morgan fingerprint density at radius 2 is 1.82 bits per heavy atom. The quantitative estimate of drug-likeness (QED) is 0.418. The van der Waals surface area contributed by atoms with Gasteiger partial charge in [-0.25, -0.2) is 5.43 Å². The molecule has 2 heterocycles. The summed E-state index contributed by atoms with van der Waals surface area (Å²) >= 11 is 0. The molecule has 1 fully saturated rings. The molecule has 3 aromatic rings. The number of para-hydroxylation sites is 1. The van der Waals surface area contributed by atoms with Gasteiger partial charge in [0.25, 0.3) is 11.8 Å². The lowest BCUT2D eigenvalue weighted by Gasteiger charge is -2.26. The molecule has 9 heteroatoms. The number of benzene rings is 2. The number of hydrazone groups is 1. The third-order valence-electron chi connectivity index (χ3n) is 4.96. The van der Waals surface area contributed by atoms with Crippen LogP contribution in [0.3, 0.4) is 0 Å². The van der Waals surface area contributed by atoms with Gasteiger partial charge in [0, 0.05) is 24.7 Å². The summed E-state index contributed by atoms with van der Waals surface area (Å²) in [4.78, 5) is 30.2. The van der Waals surface area contributed by atoms with E-state index in [4.69, 9.17) is 14.2 Å². The predicted molar refractivity (Wildman–Crippen MR) is 122 cm³/mol. The van der Waals surface area contributed by atoms with Gasteiger partial charge in [-0.3, -0.25) is 14.6 Å². The van der Waals surface area contributed by atoms with Crippen molar-refractivity contribution in [1.82, 2.24) is 15.3 Å². The average Bonchev–Trinajstić information content (AvgIpc) is 2.87. The summed E-state index contributed by atoms with van der Waals surface area (Å²) in [5, 5.41) is 4.88. The molecular weight excluding hydrogens is 424 g/mol. The van der Waals surface area contributed by atoms with Crippen molar-refractivity contribution in [2.75, 3.05) is 39.5 Å². The molecule has 0 spiro atoms. The number of carbonyl (C=O) groups excluding carboxylic acids is 2. The summed E-state index contributed by atoms with van der Waals surface area (Å²) < 4.78 is 16.4. The zero-order valence-corrected chi connectivity index (χ0v) is 18.0. The highest BCUT2D eigenvalue weighted by Gasteiger charge is 2.17. The molecule has 1 aliphatic heterocycles. The molecule has 170 valence electrons. The first-order valence-corrected chi connectivity index (χ1v) is 10.6. The van der Waals surface area contributed by atoms with Gasteiger partial charge in [-0.2, -0.15) is 5.10 Å². The minimum Gasteiger partial charge on any atom is -0.484 e. The van der Waals surface area contributed by atoms with Crippen molar-refractivity contribution in [3.63, 3.8) is 0 Å². The number of nitrogens with one attached hydrogen (secondary N) is 1. The van der Waals surface area contributed by atoms with Crippen LogP contribution in [-0.4, -0.2) is 67.4 Å². The highest BCUT2D eigenvalue weighted by atomic mass is 16.5. The Kier molecular flexibility index (Phi) is 7.44. The third-order valence-corrected chi connectivity index (χ3v) is 4.96. The van der Waals surface area contributed by atoms with Gasteiger partial charge in [0.05, 0.1) is 19.4 Å². The van der Waals surface area contributed by atoms with Crippen LogP contribution in [0.4, 0.5) is 0 Å². The Bertz CT molecular complexity index is 1120. The molecule has 0 saturated carbocycles. The van der Waals surface area contributed by atoms with Crippen molar-refractivity contribution in [2.45, 2.75) is 0 Å². The molecule has 1 saturated heterocycles. The molecule has 2 aromatic carbocycles. The van der Waals surface area contributed by atoms with Crippen molar-refractivity contribution in [3.8, 4) is 11.5 Å². The number of ether oxygens (including phenoxy) is 3. The summed E-state index contributed by atoms with van der Waals surface area (Å²) in [5.41, 5.74) is 3.90. The standard InChI is InChI=1S/C24H24N4O5/c29-22(16-33-21-5-1-3-19-4-2-10-25-24(19)21)27-26-15-18-6-8-20(9-7-18)32-17-23(30)28-11-13-31-14-12-28/h1-10,15H,11-14,16-17H2,(H,27,29)/b26-15-. The molecule has 9 nitrogen and oxygen atoms in total. The topological polar surface area (TPSA) is 102 Å². The van der Waals surface area contributed by atoms with Crippen LogP contribution in [0.5, 0.6) is 11.5 Å². The first-order valence-electron chi connectivity index (χ1n) is 10.6. The van der Waals surface area contributed by atoms with E-state index in [1.807, 2.05) is 24.3 Å². The van der Waals surface area contributed by atoms with Crippen molar-refractivity contribution in [1.29, 1.82) is 0 Å². The molecular formula is C24H24N4O5. The molecule has 2 amide bonds. The fraction of sp³-hybridized carbons (Fsp3) is 0.250. The first kappa shape index (κ1) is 22.2. The monoisotopic (exact) mass is 448 g/mol. The summed E-state index contributed by atoms with van der Waals surface area (Å²) in [7, 11) is 0. The number of amides is 2. The van der Waals surface area contributed by atoms with Gasteiger partial charge in [0.1, 0.15) is 17.0 Å². The van der Waals surface area contributed by atoms with Crippen LogP contribution in [0.1, 0.15) is 5.56 Å². The molecule has 1 aliphatic rings. The fourth-order valence-corrected chi connectivity index (χ4v) is 3.25. The minimum atomic E-state index is -0.388. The lowest BCUT2D eigenvalue weighted by atomic mass is 10.2. The second-order valence-corrected chi connectivity index (χ2v) is 7.26. The molecule has 4 rings (SSSR count). The summed E-state index contributed by atoms with van der Waals surface area (Å²) in [5.74, 6) is 0.665. The van der Waals surface area contributed by atoms with E-state index in [9.17, 15) is 9.59 Å². The number of pyridine rings is 1. The number of rotatable bonds is 8. The van der Waals surface area contributed by atoms with E-state index in [-0.39, 0.29) is 25.0 Å². The Hall–Kier alpha value is -3.98. The van der Waals surface area contributed by atoms with E-state index >= 15 is 0 Å². The average molecular weight is 448 g/mol. The van der Waals surface area contributed by atoms with Gasteiger partial charge in [0.2, 0.25) is 0 Å². The Morgan fingerprint density at radius 3 is 2.64 bits per heavy atom. The Labute approximate surface area is 191 Å². The highest BCUT2D eigenvalue weighted by Crippen LogP contribution is 2.22. The van der Waals surface area contributed by atoms with Crippen molar-refractivity contribution in [2.24, 2.45) is 5.10 Å². The fourth-order valence-electron chi connectivity index (χ4n) is 3.25. The number of hydrogen-bond donors (Lipinski definition) is 1. The van der Waals surface area contributed by atoms with Gasteiger partial charge >= 0.3 is 0 Å². The molecule has 0 aliphatic carbocycles. The van der Waals surface area contributed by atoms with Crippen LogP contribution >= 0.6 is 0 Å². The van der Waals surface area contributed by atoms with E-state index in [0.29, 0.717) is 43.3 Å². The number of morpholine rings is 1. The Balaban J connectivity index is 1.21. The molecule has 1 N–H and O–H groups in total. The van der Waals surface area contributed by atoms with Gasteiger partial charge in [-0.1, -0.05) is 18.2 Å². The minimum absolute atomic E-state index is 0.0181.